The fraction of sp³-hybridized carbons (Fsp3) is 0.182. The van der Waals surface area contributed by atoms with Crippen molar-refractivity contribution in [1.82, 2.24) is 9.88 Å². The van der Waals surface area contributed by atoms with Crippen LogP contribution in [-0.4, -0.2) is 18.9 Å². The molecule has 2 aromatic carbocycles. The smallest absolute Gasteiger partial charge is 0.308 e. The van der Waals surface area contributed by atoms with E-state index in [2.05, 4.69) is 10.0 Å². The van der Waals surface area contributed by atoms with Crippen molar-refractivity contribution < 1.29 is 17.6 Å². The van der Waals surface area contributed by atoms with Crippen LogP contribution < -0.4 is 14.9 Å². The normalized spacial score (nSPS) is 11.7. The van der Waals surface area contributed by atoms with Gasteiger partial charge in [0, 0.05) is 6.04 Å². The Labute approximate surface area is 188 Å². The maximum absolute atomic E-state index is 13.1. The summed E-state index contributed by atoms with van der Waals surface area (Å²) in [5.41, 5.74) is 1.02. The third-order valence-corrected chi connectivity index (χ3v) is 7.11. The molecule has 4 rings (SSSR count). The molecule has 0 radical (unpaired) electrons. The summed E-state index contributed by atoms with van der Waals surface area (Å²) >= 11 is 0.999. The summed E-state index contributed by atoms with van der Waals surface area (Å²) in [6.45, 7) is 3.97. The van der Waals surface area contributed by atoms with Gasteiger partial charge in [-0.3, -0.25) is 18.9 Å². The molecule has 1 amide bonds. The summed E-state index contributed by atoms with van der Waals surface area (Å²) in [5, 5.41) is 2.71. The number of sulfonamides is 1. The lowest BCUT2D eigenvalue weighted by molar-refractivity contribution is 0.0949. The van der Waals surface area contributed by atoms with Crippen molar-refractivity contribution in [2.75, 3.05) is 4.72 Å². The van der Waals surface area contributed by atoms with Crippen molar-refractivity contribution in [3.8, 4) is 0 Å². The standard InChI is InChI=1S/C22H21N3O5S2/c1-14(2)25-19-10-9-16(12-20(19)31-22(25)27)32(28,29)24-18-8-4-3-7-17(18)21(26)23-13-15-6-5-11-30-15/h3-12,14,24H,13H2,1-2H3,(H,23,26). The Morgan fingerprint density at radius 3 is 2.62 bits per heavy atom. The maximum Gasteiger partial charge on any atom is 0.308 e. The van der Waals surface area contributed by atoms with Gasteiger partial charge in [-0.25, -0.2) is 8.42 Å². The number of aromatic nitrogens is 1. The van der Waals surface area contributed by atoms with Crippen LogP contribution in [0.3, 0.4) is 0 Å². The van der Waals surface area contributed by atoms with Crippen molar-refractivity contribution in [2.24, 2.45) is 0 Å². The molecule has 0 aliphatic heterocycles. The van der Waals surface area contributed by atoms with Crippen molar-refractivity contribution in [2.45, 2.75) is 31.3 Å². The second-order valence-electron chi connectivity index (χ2n) is 7.37. The number of amides is 1. The van der Waals surface area contributed by atoms with Crippen LogP contribution in [-0.2, 0) is 16.6 Å². The van der Waals surface area contributed by atoms with Crippen LogP contribution in [0.1, 0.15) is 36.0 Å². The quantitative estimate of drug-likeness (QED) is 0.424. The van der Waals surface area contributed by atoms with Gasteiger partial charge >= 0.3 is 4.87 Å². The average Bonchev–Trinajstić information content (AvgIpc) is 3.38. The van der Waals surface area contributed by atoms with Crippen molar-refractivity contribution >= 4 is 43.2 Å². The number of para-hydroxylation sites is 1. The molecule has 0 spiro atoms. The molecule has 4 aromatic rings. The van der Waals surface area contributed by atoms with Gasteiger partial charge in [-0.2, -0.15) is 0 Å². The minimum Gasteiger partial charge on any atom is -0.467 e. The second kappa shape index (κ2) is 8.64. The van der Waals surface area contributed by atoms with E-state index in [4.69, 9.17) is 4.42 Å². The molecule has 166 valence electrons. The van der Waals surface area contributed by atoms with E-state index in [-0.39, 0.29) is 33.6 Å². The molecule has 0 atom stereocenters. The first-order valence-corrected chi connectivity index (χ1v) is 12.1. The van der Waals surface area contributed by atoms with Gasteiger partial charge in [-0.05, 0) is 56.3 Å². The van der Waals surface area contributed by atoms with Gasteiger partial charge in [0.1, 0.15) is 5.76 Å². The second-order valence-corrected chi connectivity index (χ2v) is 10.0. The van der Waals surface area contributed by atoms with E-state index in [0.717, 1.165) is 11.3 Å². The van der Waals surface area contributed by atoms with Crippen LogP contribution >= 0.6 is 11.3 Å². The molecule has 0 bridgehead atoms. The lowest BCUT2D eigenvalue weighted by Crippen LogP contribution is -2.24. The average molecular weight is 472 g/mol. The Hall–Kier alpha value is -3.37. The number of hydrogen-bond donors (Lipinski definition) is 2. The van der Waals surface area contributed by atoms with Crippen molar-refractivity contribution in [3.63, 3.8) is 0 Å². The molecule has 0 saturated heterocycles. The zero-order valence-electron chi connectivity index (χ0n) is 17.4. The number of nitrogens with one attached hydrogen (secondary N) is 2. The number of hydrogen-bond acceptors (Lipinski definition) is 6. The molecule has 0 unspecified atom stereocenters. The number of fused-ring (bicyclic) bond motifs is 1. The lowest BCUT2D eigenvalue weighted by atomic mass is 10.1. The van der Waals surface area contributed by atoms with Gasteiger partial charge in [0.05, 0.1) is 39.2 Å². The largest absolute Gasteiger partial charge is 0.467 e. The van der Waals surface area contributed by atoms with Crippen LogP contribution in [0.15, 0.2) is 75.0 Å². The first kappa shape index (κ1) is 21.8. The molecule has 0 aliphatic rings. The number of carbonyl (C=O) groups is 1. The molecular formula is C22H21N3O5S2. The summed E-state index contributed by atoms with van der Waals surface area (Å²) in [4.78, 5) is 24.8. The van der Waals surface area contributed by atoms with Crippen LogP contribution in [0.2, 0.25) is 0 Å². The summed E-state index contributed by atoms with van der Waals surface area (Å²) in [6.07, 6.45) is 1.51. The topological polar surface area (TPSA) is 110 Å². The Morgan fingerprint density at radius 1 is 1.12 bits per heavy atom. The van der Waals surface area contributed by atoms with Crippen LogP contribution in [0.25, 0.3) is 10.2 Å². The van der Waals surface area contributed by atoms with E-state index >= 15 is 0 Å². The first-order valence-electron chi connectivity index (χ1n) is 9.84. The van der Waals surface area contributed by atoms with E-state index in [1.54, 1.807) is 34.9 Å². The Kier molecular flexibility index (Phi) is 5.90. The van der Waals surface area contributed by atoms with Crippen LogP contribution in [0, 0.1) is 0 Å². The number of benzene rings is 2. The predicted molar refractivity (Wildman–Crippen MR) is 124 cm³/mol. The SMILES string of the molecule is CC(C)n1c(=O)sc2cc(S(=O)(=O)Nc3ccccc3C(=O)NCc3ccco3)ccc21. The highest BCUT2D eigenvalue weighted by Gasteiger charge is 2.20. The minimum atomic E-state index is -4.00. The van der Waals surface area contributed by atoms with Gasteiger partial charge in [-0.15, -0.1) is 0 Å². The third-order valence-electron chi connectivity index (χ3n) is 4.83. The molecule has 32 heavy (non-hydrogen) atoms. The predicted octanol–water partition coefficient (Wildman–Crippen LogP) is 3.97. The minimum absolute atomic E-state index is 0.00736. The van der Waals surface area contributed by atoms with E-state index < -0.39 is 15.9 Å². The summed E-state index contributed by atoms with van der Waals surface area (Å²) in [7, 11) is -4.00. The number of anilines is 1. The van der Waals surface area contributed by atoms with Gasteiger partial charge in [0.25, 0.3) is 15.9 Å². The van der Waals surface area contributed by atoms with Crippen LogP contribution in [0.5, 0.6) is 0 Å². The third kappa shape index (κ3) is 4.32. The first-order chi connectivity index (χ1) is 15.3. The Morgan fingerprint density at radius 2 is 1.91 bits per heavy atom. The molecule has 2 aromatic heterocycles. The fourth-order valence-corrected chi connectivity index (χ4v) is 5.56. The number of rotatable bonds is 7. The van der Waals surface area contributed by atoms with Crippen LogP contribution in [0.4, 0.5) is 5.69 Å². The van der Waals surface area contributed by atoms with E-state index in [9.17, 15) is 18.0 Å². The molecule has 8 nitrogen and oxygen atoms in total. The van der Waals surface area contributed by atoms with E-state index in [0.29, 0.717) is 16.0 Å². The van der Waals surface area contributed by atoms with Crippen molar-refractivity contribution in [3.05, 3.63) is 81.9 Å². The number of thiazole rings is 1. The molecule has 0 aliphatic carbocycles. The summed E-state index contributed by atoms with van der Waals surface area (Å²) < 4.78 is 36.0. The molecule has 0 saturated carbocycles. The number of carbonyl (C=O) groups excluding carboxylic acids is 1. The monoisotopic (exact) mass is 471 g/mol. The number of nitrogens with zero attached hydrogens (tertiary/aromatic N) is 1. The summed E-state index contributed by atoms with van der Waals surface area (Å²) in [6, 6.07) is 14.3. The highest BCUT2D eigenvalue weighted by molar-refractivity contribution is 7.92. The van der Waals surface area contributed by atoms with Gasteiger partial charge < -0.3 is 9.73 Å². The highest BCUT2D eigenvalue weighted by atomic mass is 32.2. The molecule has 0 fully saturated rings. The number of furan rings is 1. The molecule has 2 N–H and O–H groups in total. The van der Waals surface area contributed by atoms with E-state index in [1.807, 2.05) is 13.8 Å². The van der Waals surface area contributed by atoms with Gasteiger partial charge in [-0.1, -0.05) is 23.5 Å². The zero-order valence-corrected chi connectivity index (χ0v) is 19.0. The lowest BCUT2D eigenvalue weighted by Gasteiger charge is -2.13. The zero-order chi connectivity index (χ0) is 22.9. The van der Waals surface area contributed by atoms with E-state index in [1.165, 1.54) is 30.5 Å². The molecule has 2 heterocycles. The van der Waals surface area contributed by atoms with Gasteiger partial charge in [0.2, 0.25) is 0 Å². The fourth-order valence-electron chi connectivity index (χ4n) is 3.32. The Balaban J connectivity index is 1.61. The molecule has 10 heteroatoms. The Bertz CT molecular complexity index is 1430. The van der Waals surface area contributed by atoms with Crippen molar-refractivity contribution in [1.29, 1.82) is 0 Å². The summed E-state index contributed by atoms with van der Waals surface area (Å²) in [5.74, 6) is 0.138. The van der Waals surface area contributed by atoms with Gasteiger partial charge in [0.15, 0.2) is 0 Å². The maximum atomic E-state index is 13.1. The molecular weight excluding hydrogens is 450 g/mol. The highest BCUT2D eigenvalue weighted by Crippen LogP contribution is 2.26.